The number of amides is 3. The Morgan fingerprint density at radius 3 is 2.12 bits per heavy atom. The minimum atomic E-state index is -0.859. The van der Waals surface area contributed by atoms with Crippen LogP contribution in [-0.4, -0.2) is 52.3 Å². The summed E-state index contributed by atoms with van der Waals surface area (Å²) < 4.78 is 0. The molecule has 0 aromatic heterocycles. The molecule has 1 aliphatic heterocycles. The van der Waals surface area contributed by atoms with E-state index in [1.165, 1.54) is 24.3 Å². The summed E-state index contributed by atoms with van der Waals surface area (Å²) >= 11 is 0. The van der Waals surface area contributed by atoms with Crippen LogP contribution in [0.5, 0.6) is 5.75 Å². The Balaban J connectivity index is 2.09. The average molecular weight is 459 g/mol. The van der Waals surface area contributed by atoms with E-state index < -0.39 is 23.9 Å². The molecule has 1 aromatic carbocycles. The third-order valence-corrected chi connectivity index (χ3v) is 5.36. The van der Waals surface area contributed by atoms with Crippen molar-refractivity contribution < 1.29 is 19.5 Å². The summed E-state index contributed by atoms with van der Waals surface area (Å²) in [5.74, 6) is -1.79. The number of guanidine groups is 1. The lowest BCUT2D eigenvalue weighted by molar-refractivity contribution is -0.131. The van der Waals surface area contributed by atoms with Gasteiger partial charge in [0.15, 0.2) is 5.96 Å². The van der Waals surface area contributed by atoms with Gasteiger partial charge in [-0.2, -0.15) is 0 Å². The molecular weight excluding hydrogens is 424 g/mol. The lowest BCUT2D eigenvalue weighted by Crippen LogP contribution is -2.56. The maximum absolute atomic E-state index is 13.0. The Morgan fingerprint density at radius 1 is 1.00 bits per heavy atom. The van der Waals surface area contributed by atoms with E-state index in [-0.39, 0.29) is 29.5 Å². The first-order valence-corrected chi connectivity index (χ1v) is 11.0. The number of hydrogen-bond acceptors (Lipinski definition) is 5. The van der Waals surface area contributed by atoms with Gasteiger partial charge in [-0.25, -0.2) is 0 Å². The number of aromatic hydroxyl groups is 1. The first kappa shape index (κ1) is 25.7. The predicted octanol–water partition coefficient (Wildman–Crippen LogP) is 1.23. The van der Waals surface area contributed by atoms with E-state index in [2.05, 4.69) is 16.0 Å². The van der Waals surface area contributed by atoms with Crippen LogP contribution in [-0.2, 0) is 9.59 Å². The Bertz CT molecular complexity index is 910. The minimum Gasteiger partial charge on any atom is -0.508 e. The van der Waals surface area contributed by atoms with Crippen molar-refractivity contribution in [1.82, 2.24) is 20.9 Å². The molecule has 1 aromatic rings. The van der Waals surface area contributed by atoms with Crippen LogP contribution in [0.15, 0.2) is 36.2 Å². The van der Waals surface area contributed by atoms with Crippen LogP contribution in [0.2, 0.25) is 0 Å². The molecule has 180 valence electrons. The molecule has 1 heterocycles. The van der Waals surface area contributed by atoms with E-state index in [9.17, 15) is 19.5 Å². The number of nitrogens with two attached hydrogens (primary N) is 1. The molecule has 0 fully saturated rings. The van der Waals surface area contributed by atoms with Gasteiger partial charge in [-0.15, -0.1) is 0 Å². The SMILES string of the molecule is CC(C)[C@H](NC(=O)c1ccc(O)cc1)C(=O)N[C@H](C(=O)NC1=CN(C(=N)N)CCC1)C(C)C. The van der Waals surface area contributed by atoms with Gasteiger partial charge in [0, 0.05) is 24.0 Å². The molecule has 0 radical (unpaired) electrons. The van der Waals surface area contributed by atoms with E-state index in [1.807, 2.05) is 13.8 Å². The number of phenols is 1. The molecule has 1 aliphatic rings. The number of nitrogens with one attached hydrogen (secondary N) is 4. The van der Waals surface area contributed by atoms with Crippen molar-refractivity contribution in [3.63, 3.8) is 0 Å². The summed E-state index contributed by atoms with van der Waals surface area (Å²) in [7, 11) is 0. The molecule has 0 saturated heterocycles. The fourth-order valence-electron chi connectivity index (χ4n) is 3.43. The highest BCUT2D eigenvalue weighted by Gasteiger charge is 2.31. The molecule has 0 aliphatic carbocycles. The second kappa shape index (κ2) is 11.3. The van der Waals surface area contributed by atoms with Crippen molar-refractivity contribution in [2.75, 3.05) is 6.54 Å². The largest absolute Gasteiger partial charge is 0.508 e. The third kappa shape index (κ3) is 7.23. The Hall–Kier alpha value is -3.56. The quantitative estimate of drug-likeness (QED) is 0.254. The highest BCUT2D eigenvalue weighted by atomic mass is 16.3. The van der Waals surface area contributed by atoms with Crippen molar-refractivity contribution >= 4 is 23.7 Å². The topological polar surface area (TPSA) is 161 Å². The Morgan fingerprint density at radius 2 is 1.58 bits per heavy atom. The van der Waals surface area contributed by atoms with Gasteiger partial charge >= 0.3 is 0 Å². The number of hydrogen-bond donors (Lipinski definition) is 6. The van der Waals surface area contributed by atoms with Gasteiger partial charge in [0.1, 0.15) is 17.8 Å². The van der Waals surface area contributed by atoms with Gasteiger partial charge in [0.25, 0.3) is 5.91 Å². The second-order valence-corrected chi connectivity index (χ2v) is 8.80. The van der Waals surface area contributed by atoms with Crippen molar-refractivity contribution in [1.29, 1.82) is 5.41 Å². The van der Waals surface area contributed by atoms with E-state index >= 15 is 0 Å². The molecule has 0 bridgehead atoms. The normalized spacial score (nSPS) is 15.5. The Kier molecular flexibility index (Phi) is 8.84. The Labute approximate surface area is 194 Å². The number of carbonyl (C=O) groups is 3. The summed E-state index contributed by atoms with van der Waals surface area (Å²) in [6.45, 7) is 7.85. The van der Waals surface area contributed by atoms with Crippen LogP contribution in [0.4, 0.5) is 0 Å². The van der Waals surface area contributed by atoms with Gasteiger partial charge < -0.3 is 31.7 Å². The molecule has 2 rings (SSSR count). The zero-order valence-electron chi connectivity index (χ0n) is 19.5. The van der Waals surface area contributed by atoms with Crippen LogP contribution >= 0.6 is 0 Å². The van der Waals surface area contributed by atoms with Crippen molar-refractivity contribution in [3.8, 4) is 5.75 Å². The highest BCUT2D eigenvalue weighted by molar-refractivity contribution is 5.98. The molecule has 0 saturated carbocycles. The summed E-state index contributed by atoms with van der Waals surface area (Å²) in [6, 6.07) is 4.04. The standard InChI is InChI=1S/C23H34N6O4/c1-13(2)18(21(32)26-16-6-5-11-29(12-16)23(24)25)28-22(33)19(14(3)4)27-20(31)15-7-9-17(30)10-8-15/h7-10,12-14,18-19,30H,5-6,11H2,1-4H3,(H3,24,25)(H,26,32)(H,27,31)(H,28,33)/t18-,19-/m0/s1. The van der Waals surface area contributed by atoms with Gasteiger partial charge in [-0.3, -0.25) is 19.8 Å². The van der Waals surface area contributed by atoms with E-state index in [0.717, 1.165) is 6.42 Å². The van der Waals surface area contributed by atoms with Crippen LogP contribution in [0.1, 0.15) is 50.9 Å². The van der Waals surface area contributed by atoms with Gasteiger partial charge in [-0.05, 0) is 48.9 Å². The lowest BCUT2D eigenvalue weighted by Gasteiger charge is -2.29. The summed E-state index contributed by atoms with van der Waals surface area (Å²) in [4.78, 5) is 40.1. The highest BCUT2D eigenvalue weighted by Crippen LogP contribution is 2.14. The molecular formula is C23H34N6O4. The molecule has 7 N–H and O–H groups in total. The molecule has 10 heteroatoms. The minimum absolute atomic E-state index is 0.0370. The van der Waals surface area contributed by atoms with E-state index in [4.69, 9.17) is 11.1 Å². The van der Waals surface area contributed by atoms with Gasteiger partial charge in [0.2, 0.25) is 11.8 Å². The molecule has 33 heavy (non-hydrogen) atoms. The van der Waals surface area contributed by atoms with Crippen LogP contribution in [0.3, 0.4) is 0 Å². The maximum atomic E-state index is 13.0. The zero-order valence-corrected chi connectivity index (χ0v) is 19.5. The molecule has 2 atom stereocenters. The third-order valence-electron chi connectivity index (χ3n) is 5.36. The van der Waals surface area contributed by atoms with Crippen LogP contribution in [0, 0.1) is 17.2 Å². The fourth-order valence-corrected chi connectivity index (χ4v) is 3.43. The first-order valence-electron chi connectivity index (χ1n) is 11.0. The smallest absolute Gasteiger partial charge is 0.251 e. The molecule has 0 spiro atoms. The summed E-state index contributed by atoms with van der Waals surface area (Å²) in [5, 5.41) is 25.3. The fraction of sp³-hybridized carbons (Fsp3) is 0.478. The summed E-state index contributed by atoms with van der Waals surface area (Å²) in [5.41, 5.74) is 6.47. The second-order valence-electron chi connectivity index (χ2n) is 8.80. The van der Waals surface area contributed by atoms with Crippen LogP contribution in [0.25, 0.3) is 0 Å². The molecule has 3 amide bonds. The van der Waals surface area contributed by atoms with Crippen molar-refractivity contribution in [2.24, 2.45) is 17.6 Å². The van der Waals surface area contributed by atoms with Gasteiger partial charge in [-0.1, -0.05) is 27.7 Å². The monoisotopic (exact) mass is 458 g/mol. The number of carbonyl (C=O) groups excluding carboxylic acids is 3. The van der Waals surface area contributed by atoms with Crippen LogP contribution < -0.4 is 21.7 Å². The number of rotatable bonds is 8. The van der Waals surface area contributed by atoms with E-state index in [1.54, 1.807) is 24.9 Å². The first-order chi connectivity index (χ1) is 15.5. The predicted molar refractivity (Wildman–Crippen MR) is 125 cm³/mol. The molecule has 0 unspecified atom stereocenters. The zero-order chi connectivity index (χ0) is 24.7. The number of benzene rings is 1. The van der Waals surface area contributed by atoms with Crippen molar-refractivity contribution in [3.05, 3.63) is 41.7 Å². The summed E-state index contributed by atoms with van der Waals surface area (Å²) in [6.07, 6.45) is 3.01. The number of nitrogens with zero attached hydrogens (tertiary/aromatic N) is 1. The number of allylic oxidation sites excluding steroid dienone is 1. The van der Waals surface area contributed by atoms with E-state index in [0.29, 0.717) is 24.2 Å². The number of phenolic OH excluding ortho intramolecular Hbond substituents is 1. The molecule has 10 nitrogen and oxygen atoms in total. The average Bonchev–Trinajstić information content (AvgIpc) is 2.75. The lowest BCUT2D eigenvalue weighted by atomic mass is 9.99. The van der Waals surface area contributed by atoms with Crippen molar-refractivity contribution in [2.45, 2.75) is 52.6 Å². The maximum Gasteiger partial charge on any atom is 0.251 e. The van der Waals surface area contributed by atoms with Gasteiger partial charge in [0.05, 0.1) is 0 Å².